The highest BCUT2D eigenvalue weighted by Gasteiger charge is 2.32. The summed E-state index contributed by atoms with van der Waals surface area (Å²) >= 11 is 0. The third-order valence-corrected chi connectivity index (χ3v) is 5.09. The Morgan fingerprint density at radius 2 is 1.89 bits per heavy atom. The number of amides is 1. The van der Waals surface area contributed by atoms with Gasteiger partial charge in [0.05, 0.1) is 12.0 Å². The van der Waals surface area contributed by atoms with Crippen molar-refractivity contribution in [2.75, 3.05) is 23.3 Å². The normalized spacial score (nSPS) is 18.1. The molecule has 2 aromatic rings. The number of rotatable bonds is 5. The number of nitriles is 1. The topological polar surface area (TPSA) is 65.4 Å². The molecule has 0 aliphatic heterocycles. The van der Waals surface area contributed by atoms with Crippen molar-refractivity contribution in [1.82, 2.24) is 0 Å². The van der Waals surface area contributed by atoms with Crippen molar-refractivity contribution in [3.05, 3.63) is 59.7 Å². The Kier molecular flexibility index (Phi) is 5.97. The molecule has 0 saturated carbocycles. The van der Waals surface area contributed by atoms with Crippen LogP contribution in [0.2, 0.25) is 0 Å². The number of ether oxygens (including phenoxy) is 1. The largest absolute Gasteiger partial charge is 0.440 e. The van der Waals surface area contributed by atoms with E-state index in [2.05, 4.69) is 30.1 Å². The highest BCUT2D eigenvalue weighted by atomic mass is 16.6. The summed E-state index contributed by atoms with van der Waals surface area (Å²) in [4.78, 5) is 14.7. The summed E-state index contributed by atoms with van der Waals surface area (Å²) in [6, 6.07) is 17.8. The Bertz CT molecular complexity index is 822. The van der Waals surface area contributed by atoms with Gasteiger partial charge in [0.15, 0.2) is 0 Å². The lowest BCUT2D eigenvalue weighted by molar-refractivity contribution is 0.0794. The second-order valence-electron chi connectivity index (χ2n) is 6.64. The molecule has 0 heterocycles. The number of carbonyl (C=O) groups excluding carboxylic acids is 1. The van der Waals surface area contributed by atoms with Gasteiger partial charge < -0.3 is 9.64 Å². The van der Waals surface area contributed by atoms with Crippen LogP contribution in [0.15, 0.2) is 48.5 Å². The first-order valence-electron chi connectivity index (χ1n) is 9.46. The minimum absolute atomic E-state index is 0.323. The lowest BCUT2D eigenvalue weighted by Crippen LogP contribution is -2.26. The summed E-state index contributed by atoms with van der Waals surface area (Å²) in [6.45, 7) is 6.09. The number of nitrogens with zero attached hydrogens (tertiary/aromatic N) is 2. The summed E-state index contributed by atoms with van der Waals surface area (Å²) in [5.74, 6) is -0.323. The maximum Gasteiger partial charge on any atom is 0.412 e. The van der Waals surface area contributed by atoms with Crippen LogP contribution >= 0.6 is 0 Å². The zero-order valence-corrected chi connectivity index (χ0v) is 15.8. The van der Waals surface area contributed by atoms with E-state index in [1.165, 1.54) is 0 Å². The van der Waals surface area contributed by atoms with Gasteiger partial charge in [-0.05, 0) is 62.1 Å². The van der Waals surface area contributed by atoms with Crippen molar-refractivity contribution in [3.63, 3.8) is 0 Å². The smallest absolute Gasteiger partial charge is 0.412 e. The summed E-state index contributed by atoms with van der Waals surface area (Å²) < 4.78 is 5.66. The molecule has 0 radical (unpaired) electrons. The maximum absolute atomic E-state index is 12.4. The van der Waals surface area contributed by atoms with Gasteiger partial charge in [-0.15, -0.1) is 0 Å². The van der Waals surface area contributed by atoms with Crippen LogP contribution in [-0.2, 0) is 11.2 Å². The average molecular weight is 363 g/mol. The number of anilines is 2. The van der Waals surface area contributed by atoms with Crippen molar-refractivity contribution >= 4 is 17.5 Å². The van der Waals surface area contributed by atoms with E-state index in [1.807, 2.05) is 48.5 Å². The number of nitrogens with one attached hydrogen (secondary N) is 1. The predicted octanol–water partition coefficient (Wildman–Crippen LogP) is 4.91. The van der Waals surface area contributed by atoms with Gasteiger partial charge in [-0.1, -0.05) is 24.3 Å². The number of benzene rings is 2. The first-order chi connectivity index (χ1) is 13.2. The van der Waals surface area contributed by atoms with Gasteiger partial charge in [0.1, 0.15) is 6.10 Å². The lowest BCUT2D eigenvalue weighted by atomic mass is 9.82. The van der Waals surface area contributed by atoms with E-state index in [-0.39, 0.29) is 5.92 Å². The lowest BCUT2D eigenvalue weighted by Gasteiger charge is -2.29. The van der Waals surface area contributed by atoms with Gasteiger partial charge >= 0.3 is 6.09 Å². The Hall–Kier alpha value is -3.00. The number of carbonyl (C=O) groups is 1. The standard InChI is InChI=1S/C22H25N3O2/c1-3-25(4-2)19-13-11-18(12-14-19)24-22(26)27-21-17(15-23)10-9-16-7-5-6-8-20(16)21/h5-8,11-14,17,21H,3-4,9-10H2,1-2H3,(H,24,26). The van der Waals surface area contributed by atoms with Crippen molar-refractivity contribution < 1.29 is 9.53 Å². The van der Waals surface area contributed by atoms with Crippen molar-refractivity contribution in [1.29, 1.82) is 5.26 Å². The molecule has 27 heavy (non-hydrogen) atoms. The van der Waals surface area contributed by atoms with E-state index in [0.717, 1.165) is 36.3 Å². The molecule has 3 rings (SSSR count). The fraction of sp³-hybridized carbons (Fsp3) is 0.364. The van der Waals surface area contributed by atoms with E-state index in [4.69, 9.17) is 4.74 Å². The zero-order chi connectivity index (χ0) is 19.2. The Morgan fingerprint density at radius 1 is 1.19 bits per heavy atom. The van der Waals surface area contributed by atoms with Crippen LogP contribution in [0.3, 0.4) is 0 Å². The van der Waals surface area contributed by atoms with Crippen molar-refractivity contribution in [2.45, 2.75) is 32.8 Å². The number of hydrogen-bond donors (Lipinski definition) is 1. The number of fused-ring (bicyclic) bond motifs is 1. The molecule has 2 atom stereocenters. The highest BCUT2D eigenvalue weighted by Crippen LogP contribution is 2.37. The molecule has 0 spiro atoms. The van der Waals surface area contributed by atoms with Gasteiger partial charge in [-0.25, -0.2) is 4.79 Å². The Balaban J connectivity index is 1.69. The van der Waals surface area contributed by atoms with E-state index in [0.29, 0.717) is 12.1 Å². The summed E-state index contributed by atoms with van der Waals surface area (Å²) in [6.07, 6.45) is 0.467. The summed E-state index contributed by atoms with van der Waals surface area (Å²) in [5.41, 5.74) is 3.87. The quantitative estimate of drug-likeness (QED) is 0.820. The zero-order valence-electron chi connectivity index (χ0n) is 15.8. The predicted molar refractivity (Wildman–Crippen MR) is 107 cm³/mol. The third kappa shape index (κ3) is 4.22. The average Bonchev–Trinajstić information content (AvgIpc) is 2.70. The van der Waals surface area contributed by atoms with Gasteiger partial charge in [0.2, 0.25) is 0 Å². The second kappa shape index (κ2) is 8.59. The molecule has 0 fully saturated rings. The molecule has 2 unspecified atom stereocenters. The molecule has 0 saturated heterocycles. The van der Waals surface area contributed by atoms with Crippen molar-refractivity contribution in [3.8, 4) is 6.07 Å². The highest BCUT2D eigenvalue weighted by molar-refractivity contribution is 5.85. The van der Waals surface area contributed by atoms with Crippen molar-refractivity contribution in [2.24, 2.45) is 5.92 Å². The van der Waals surface area contributed by atoms with Crippen LogP contribution < -0.4 is 10.2 Å². The van der Waals surface area contributed by atoms with Gasteiger partial charge in [0, 0.05) is 24.5 Å². The Morgan fingerprint density at radius 3 is 2.56 bits per heavy atom. The molecular formula is C22H25N3O2. The first-order valence-corrected chi connectivity index (χ1v) is 9.46. The fourth-order valence-corrected chi connectivity index (χ4v) is 3.60. The van der Waals surface area contributed by atoms with Crippen LogP contribution in [-0.4, -0.2) is 19.2 Å². The molecule has 1 N–H and O–H groups in total. The molecule has 1 amide bonds. The maximum atomic E-state index is 12.4. The molecule has 1 aliphatic rings. The van der Waals surface area contributed by atoms with Crippen LogP contribution in [0.5, 0.6) is 0 Å². The number of aryl methyl sites for hydroxylation is 1. The van der Waals surface area contributed by atoms with Gasteiger partial charge in [-0.2, -0.15) is 5.26 Å². The monoisotopic (exact) mass is 363 g/mol. The molecule has 2 aromatic carbocycles. The first kappa shape index (κ1) is 18.8. The van der Waals surface area contributed by atoms with Gasteiger partial charge in [0.25, 0.3) is 0 Å². The minimum atomic E-state index is -0.535. The summed E-state index contributed by atoms with van der Waals surface area (Å²) in [7, 11) is 0. The molecule has 0 aromatic heterocycles. The minimum Gasteiger partial charge on any atom is -0.440 e. The molecule has 0 bridgehead atoms. The SMILES string of the molecule is CCN(CC)c1ccc(NC(=O)OC2c3ccccc3CCC2C#N)cc1. The molecule has 1 aliphatic carbocycles. The molecule has 140 valence electrons. The van der Waals surface area contributed by atoms with E-state index in [1.54, 1.807) is 0 Å². The molecule has 5 nitrogen and oxygen atoms in total. The molecule has 5 heteroatoms. The molecular weight excluding hydrogens is 338 g/mol. The van der Waals surface area contributed by atoms with E-state index in [9.17, 15) is 10.1 Å². The van der Waals surface area contributed by atoms with Crippen LogP contribution in [0.25, 0.3) is 0 Å². The van der Waals surface area contributed by atoms with E-state index >= 15 is 0 Å². The summed E-state index contributed by atoms with van der Waals surface area (Å²) in [5, 5.41) is 12.2. The third-order valence-electron chi connectivity index (χ3n) is 5.09. The van der Waals surface area contributed by atoms with Crippen LogP contribution in [0.4, 0.5) is 16.2 Å². The van der Waals surface area contributed by atoms with Crippen LogP contribution in [0, 0.1) is 17.2 Å². The Labute approximate surface area is 160 Å². The number of hydrogen-bond acceptors (Lipinski definition) is 4. The van der Waals surface area contributed by atoms with Gasteiger partial charge in [-0.3, -0.25) is 5.32 Å². The van der Waals surface area contributed by atoms with Crippen LogP contribution in [0.1, 0.15) is 37.5 Å². The fourth-order valence-electron chi connectivity index (χ4n) is 3.60. The van der Waals surface area contributed by atoms with E-state index < -0.39 is 12.2 Å². The second-order valence-corrected chi connectivity index (χ2v) is 6.64.